The average molecular weight is 348 g/mol. The third-order valence-electron chi connectivity index (χ3n) is 3.19. The zero-order valence-electron chi connectivity index (χ0n) is 10.3. The van der Waals surface area contributed by atoms with Crippen LogP contribution in [0.5, 0.6) is 0 Å². The quantitative estimate of drug-likeness (QED) is 0.848. The van der Waals surface area contributed by atoms with Crippen LogP contribution < -0.4 is 5.14 Å². The van der Waals surface area contributed by atoms with Crippen LogP contribution in [0, 0.1) is 6.92 Å². The summed E-state index contributed by atoms with van der Waals surface area (Å²) >= 11 is 3.23. The molecule has 0 heterocycles. The summed E-state index contributed by atoms with van der Waals surface area (Å²) in [6.07, 6.45) is 2.73. The van der Waals surface area contributed by atoms with E-state index in [4.69, 9.17) is 9.88 Å². The number of rotatable bonds is 3. The van der Waals surface area contributed by atoms with Crippen LogP contribution >= 0.6 is 15.9 Å². The van der Waals surface area contributed by atoms with Gasteiger partial charge < -0.3 is 4.74 Å². The lowest BCUT2D eigenvalue weighted by Gasteiger charge is -2.25. The van der Waals surface area contributed by atoms with Gasteiger partial charge in [-0.3, -0.25) is 0 Å². The Balaban J connectivity index is 2.37. The molecule has 2 rings (SSSR count). The molecule has 0 aliphatic heterocycles. The second kappa shape index (κ2) is 5.22. The highest BCUT2D eigenvalue weighted by atomic mass is 79.9. The Morgan fingerprint density at radius 1 is 1.42 bits per heavy atom. The summed E-state index contributed by atoms with van der Waals surface area (Å²) in [5.74, 6) is -0.506. The van der Waals surface area contributed by atoms with Gasteiger partial charge >= 0.3 is 5.97 Å². The van der Waals surface area contributed by atoms with Gasteiger partial charge in [0.05, 0.1) is 10.5 Å². The van der Waals surface area contributed by atoms with Crippen molar-refractivity contribution in [3.8, 4) is 0 Å². The minimum atomic E-state index is -3.86. The summed E-state index contributed by atoms with van der Waals surface area (Å²) < 4.78 is 28.5. The van der Waals surface area contributed by atoms with E-state index in [2.05, 4.69) is 15.9 Å². The molecule has 19 heavy (non-hydrogen) atoms. The predicted molar refractivity (Wildman–Crippen MR) is 73.3 cm³/mol. The van der Waals surface area contributed by atoms with Crippen LogP contribution in [0.1, 0.15) is 35.2 Å². The average Bonchev–Trinajstić information content (AvgIpc) is 2.25. The van der Waals surface area contributed by atoms with E-state index in [0.717, 1.165) is 19.3 Å². The molecule has 0 unspecified atom stereocenters. The lowest BCUT2D eigenvalue weighted by Crippen LogP contribution is -2.25. The minimum absolute atomic E-state index is 0.0520. The number of esters is 1. The predicted octanol–water partition coefficient (Wildman–Crippen LogP) is 2.11. The monoisotopic (exact) mass is 347 g/mol. The van der Waals surface area contributed by atoms with Crippen LogP contribution in [0.2, 0.25) is 0 Å². The molecular formula is C12H14BrNO4S. The molecule has 0 amide bonds. The van der Waals surface area contributed by atoms with E-state index in [0.29, 0.717) is 10.0 Å². The maximum Gasteiger partial charge on any atom is 0.338 e. The lowest BCUT2D eigenvalue weighted by molar-refractivity contribution is 0.00889. The number of carbonyl (C=O) groups excluding carboxylic acids is 1. The topological polar surface area (TPSA) is 86.5 Å². The van der Waals surface area contributed by atoms with Crippen LogP contribution in [-0.4, -0.2) is 20.5 Å². The molecule has 0 aromatic heterocycles. The van der Waals surface area contributed by atoms with Crippen molar-refractivity contribution in [3.05, 3.63) is 27.7 Å². The maximum atomic E-state index is 12.0. The number of hydrogen-bond acceptors (Lipinski definition) is 4. The highest BCUT2D eigenvalue weighted by Crippen LogP contribution is 2.27. The molecule has 0 atom stereocenters. The van der Waals surface area contributed by atoms with E-state index in [1.54, 1.807) is 6.92 Å². The van der Waals surface area contributed by atoms with Gasteiger partial charge in [-0.15, -0.1) is 0 Å². The van der Waals surface area contributed by atoms with E-state index in [-0.39, 0.29) is 16.6 Å². The summed E-state index contributed by atoms with van der Waals surface area (Å²) in [7, 11) is -3.86. The van der Waals surface area contributed by atoms with E-state index in [9.17, 15) is 13.2 Å². The number of carbonyl (C=O) groups is 1. The second-order valence-electron chi connectivity index (χ2n) is 4.58. The Labute approximate surface area is 120 Å². The maximum absolute atomic E-state index is 12.0. The summed E-state index contributed by atoms with van der Waals surface area (Å²) in [4.78, 5) is 11.9. The van der Waals surface area contributed by atoms with Crippen LogP contribution in [0.4, 0.5) is 0 Å². The molecule has 2 N–H and O–H groups in total. The molecule has 0 bridgehead atoms. The normalized spacial score (nSPS) is 15.9. The number of halogens is 1. The third kappa shape index (κ3) is 3.16. The van der Waals surface area contributed by atoms with E-state index in [1.807, 2.05) is 0 Å². The van der Waals surface area contributed by atoms with Gasteiger partial charge in [-0.25, -0.2) is 18.4 Å². The van der Waals surface area contributed by atoms with Gasteiger partial charge in [0.15, 0.2) is 0 Å². The van der Waals surface area contributed by atoms with Crippen molar-refractivity contribution < 1.29 is 17.9 Å². The molecule has 0 spiro atoms. The summed E-state index contributed by atoms with van der Waals surface area (Å²) in [6.45, 7) is 1.72. The number of sulfonamides is 1. The summed E-state index contributed by atoms with van der Waals surface area (Å²) in [5.41, 5.74) is 0.863. The van der Waals surface area contributed by atoms with Crippen LogP contribution in [0.15, 0.2) is 21.5 Å². The first-order valence-corrected chi connectivity index (χ1v) is 8.17. The van der Waals surface area contributed by atoms with Crippen LogP contribution in [-0.2, 0) is 14.8 Å². The van der Waals surface area contributed by atoms with Crippen molar-refractivity contribution in [2.75, 3.05) is 0 Å². The molecule has 7 heteroatoms. The van der Waals surface area contributed by atoms with Gasteiger partial charge in [0.1, 0.15) is 6.10 Å². The Hall–Kier alpha value is -0.920. The van der Waals surface area contributed by atoms with Crippen LogP contribution in [0.25, 0.3) is 0 Å². The fourth-order valence-electron chi connectivity index (χ4n) is 1.73. The molecule has 1 fully saturated rings. The van der Waals surface area contributed by atoms with Crippen molar-refractivity contribution in [1.82, 2.24) is 0 Å². The molecule has 1 aliphatic rings. The lowest BCUT2D eigenvalue weighted by atomic mass is 9.96. The Morgan fingerprint density at radius 3 is 2.53 bits per heavy atom. The van der Waals surface area contributed by atoms with Crippen molar-refractivity contribution in [2.24, 2.45) is 5.14 Å². The largest absolute Gasteiger partial charge is 0.459 e. The third-order valence-corrected chi connectivity index (χ3v) is 4.91. The highest BCUT2D eigenvalue weighted by Gasteiger charge is 2.25. The van der Waals surface area contributed by atoms with Gasteiger partial charge in [-0.2, -0.15) is 0 Å². The van der Waals surface area contributed by atoms with Gasteiger partial charge in [0.25, 0.3) is 0 Å². The van der Waals surface area contributed by atoms with Crippen molar-refractivity contribution >= 4 is 31.9 Å². The van der Waals surface area contributed by atoms with Gasteiger partial charge in [0.2, 0.25) is 10.0 Å². The highest BCUT2D eigenvalue weighted by molar-refractivity contribution is 9.10. The van der Waals surface area contributed by atoms with E-state index >= 15 is 0 Å². The Bertz CT molecular complexity index is 623. The molecule has 104 valence electrons. The zero-order chi connectivity index (χ0) is 14.2. The van der Waals surface area contributed by atoms with E-state index < -0.39 is 16.0 Å². The molecule has 1 saturated carbocycles. The first kappa shape index (κ1) is 14.5. The number of nitrogens with two attached hydrogens (primary N) is 1. The second-order valence-corrected chi connectivity index (χ2v) is 7.00. The molecule has 1 aromatic rings. The summed E-state index contributed by atoms with van der Waals surface area (Å²) in [6, 6.07) is 2.64. The van der Waals surface area contributed by atoms with Crippen LogP contribution in [0.3, 0.4) is 0 Å². The Kier molecular flexibility index (Phi) is 3.98. The fourth-order valence-corrected chi connectivity index (χ4v) is 2.91. The number of benzene rings is 1. The fraction of sp³-hybridized carbons (Fsp3) is 0.417. The van der Waals surface area contributed by atoms with Gasteiger partial charge in [0, 0.05) is 4.47 Å². The molecular weight excluding hydrogens is 334 g/mol. The van der Waals surface area contributed by atoms with Crippen molar-refractivity contribution in [2.45, 2.75) is 37.2 Å². The SMILES string of the molecule is Cc1c(Br)cc(S(N)(=O)=O)cc1C(=O)OC1CCC1. The molecule has 1 aliphatic carbocycles. The first-order valence-electron chi connectivity index (χ1n) is 5.83. The zero-order valence-corrected chi connectivity index (χ0v) is 12.8. The minimum Gasteiger partial charge on any atom is -0.459 e. The standard InChI is InChI=1S/C12H14BrNO4S/c1-7-10(12(15)18-8-3-2-4-8)5-9(6-11(7)13)19(14,16)17/h5-6,8H,2-4H2,1H3,(H2,14,16,17). The van der Waals surface area contributed by atoms with Gasteiger partial charge in [-0.1, -0.05) is 15.9 Å². The first-order chi connectivity index (χ1) is 8.79. The number of ether oxygens (including phenoxy) is 1. The molecule has 1 aromatic carbocycles. The number of primary sulfonamides is 1. The smallest absolute Gasteiger partial charge is 0.338 e. The number of hydrogen-bond donors (Lipinski definition) is 1. The van der Waals surface area contributed by atoms with Crippen molar-refractivity contribution in [3.63, 3.8) is 0 Å². The van der Waals surface area contributed by atoms with Gasteiger partial charge in [-0.05, 0) is 43.9 Å². The Morgan fingerprint density at radius 2 is 2.05 bits per heavy atom. The molecule has 0 radical (unpaired) electrons. The van der Waals surface area contributed by atoms with E-state index in [1.165, 1.54) is 12.1 Å². The van der Waals surface area contributed by atoms with Crippen molar-refractivity contribution in [1.29, 1.82) is 0 Å². The summed E-state index contributed by atoms with van der Waals surface area (Å²) in [5, 5.41) is 5.08. The molecule has 0 saturated heterocycles. The molecule has 5 nitrogen and oxygen atoms in total.